The van der Waals surface area contributed by atoms with Gasteiger partial charge in [0.15, 0.2) is 0 Å². The maximum atomic E-state index is 11.7. The van der Waals surface area contributed by atoms with Crippen molar-refractivity contribution in [3.8, 4) is 0 Å². The summed E-state index contributed by atoms with van der Waals surface area (Å²) in [5.41, 5.74) is 0. The minimum atomic E-state index is -0.00869. The number of benzene rings is 1. The highest BCUT2D eigenvalue weighted by Crippen LogP contribution is 2.21. The summed E-state index contributed by atoms with van der Waals surface area (Å²) >= 11 is 4.90. The summed E-state index contributed by atoms with van der Waals surface area (Å²) in [7, 11) is 0. The Morgan fingerprint density at radius 2 is 2.22 bits per heavy atom. The molecule has 0 aromatic heterocycles. The van der Waals surface area contributed by atoms with E-state index in [1.807, 2.05) is 38.1 Å². The first kappa shape index (κ1) is 15.5. The van der Waals surface area contributed by atoms with Crippen molar-refractivity contribution in [2.75, 3.05) is 12.4 Å². The normalized spacial score (nSPS) is 14.0. The SMILES string of the molecule is C[C@@H](CO)[C@@H](C)NC(=O)CSc1cccc(Br)c1. The smallest absolute Gasteiger partial charge is 0.230 e. The molecule has 0 saturated heterocycles. The molecule has 1 rings (SSSR count). The molecule has 2 atom stereocenters. The molecule has 18 heavy (non-hydrogen) atoms. The second-order valence-electron chi connectivity index (χ2n) is 4.26. The molecule has 0 aliphatic carbocycles. The Kier molecular flexibility index (Phi) is 6.75. The fraction of sp³-hybridized carbons (Fsp3) is 0.462. The summed E-state index contributed by atoms with van der Waals surface area (Å²) in [6.45, 7) is 3.90. The van der Waals surface area contributed by atoms with Crippen LogP contribution in [0.3, 0.4) is 0 Å². The maximum Gasteiger partial charge on any atom is 0.230 e. The quantitative estimate of drug-likeness (QED) is 0.788. The number of halogens is 1. The number of nitrogens with one attached hydrogen (secondary N) is 1. The summed E-state index contributed by atoms with van der Waals surface area (Å²) in [5, 5.41) is 11.9. The van der Waals surface area contributed by atoms with E-state index >= 15 is 0 Å². The van der Waals surface area contributed by atoms with Crippen LogP contribution in [0.15, 0.2) is 33.6 Å². The molecule has 0 aliphatic rings. The van der Waals surface area contributed by atoms with Crippen molar-refractivity contribution >= 4 is 33.6 Å². The number of hydrogen-bond donors (Lipinski definition) is 2. The Bertz CT molecular complexity index is 400. The molecule has 0 fully saturated rings. The number of hydrogen-bond acceptors (Lipinski definition) is 3. The fourth-order valence-electron chi connectivity index (χ4n) is 1.30. The third-order valence-corrected chi connectivity index (χ3v) is 4.18. The average Bonchev–Trinajstić information content (AvgIpc) is 2.35. The zero-order valence-electron chi connectivity index (χ0n) is 10.5. The van der Waals surface area contributed by atoms with Crippen molar-refractivity contribution < 1.29 is 9.90 Å². The van der Waals surface area contributed by atoms with Crippen LogP contribution >= 0.6 is 27.7 Å². The highest BCUT2D eigenvalue weighted by atomic mass is 79.9. The van der Waals surface area contributed by atoms with Crippen LogP contribution in [0.25, 0.3) is 0 Å². The Labute approximate surface area is 120 Å². The topological polar surface area (TPSA) is 49.3 Å². The van der Waals surface area contributed by atoms with Crippen LogP contribution in [-0.2, 0) is 4.79 Å². The van der Waals surface area contributed by atoms with Crippen LogP contribution < -0.4 is 5.32 Å². The third-order valence-electron chi connectivity index (χ3n) is 2.70. The lowest BCUT2D eigenvalue weighted by Gasteiger charge is -2.19. The van der Waals surface area contributed by atoms with E-state index in [1.165, 1.54) is 11.8 Å². The van der Waals surface area contributed by atoms with Crippen molar-refractivity contribution in [1.29, 1.82) is 0 Å². The molecule has 0 radical (unpaired) electrons. The second-order valence-corrected chi connectivity index (χ2v) is 6.23. The maximum absolute atomic E-state index is 11.7. The molecule has 0 bridgehead atoms. The van der Waals surface area contributed by atoms with Crippen LogP contribution in [0, 0.1) is 5.92 Å². The molecule has 2 N–H and O–H groups in total. The van der Waals surface area contributed by atoms with E-state index in [1.54, 1.807) is 0 Å². The summed E-state index contributed by atoms with van der Waals surface area (Å²) in [5.74, 6) is 0.455. The van der Waals surface area contributed by atoms with Crippen LogP contribution in [0.4, 0.5) is 0 Å². The van der Waals surface area contributed by atoms with Crippen molar-refractivity contribution in [1.82, 2.24) is 5.32 Å². The van der Waals surface area contributed by atoms with E-state index in [-0.39, 0.29) is 24.5 Å². The summed E-state index contributed by atoms with van der Waals surface area (Å²) in [4.78, 5) is 12.8. The van der Waals surface area contributed by atoms with Crippen LogP contribution in [0.5, 0.6) is 0 Å². The predicted molar refractivity (Wildman–Crippen MR) is 78.7 cm³/mol. The molecule has 1 aromatic carbocycles. The number of aliphatic hydroxyl groups excluding tert-OH is 1. The Morgan fingerprint density at radius 1 is 1.50 bits per heavy atom. The van der Waals surface area contributed by atoms with E-state index in [0.717, 1.165) is 9.37 Å². The lowest BCUT2D eigenvalue weighted by Crippen LogP contribution is -2.39. The van der Waals surface area contributed by atoms with Gasteiger partial charge in [0.25, 0.3) is 0 Å². The molecule has 0 heterocycles. The number of amides is 1. The van der Waals surface area contributed by atoms with Crippen LogP contribution in [-0.4, -0.2) is 29.4 Å². The van der Waals surface area contributed by atoms with Gasteiger partial charge in [0.05, 0.1) is 5.75 Å². The molecular formula is C13H18BrNO2S. The average molecular weight is 332 g/mol. The molecule has 5 heteroatoms. The minimum Gasteiger partial charge on any atom is -0.396 e. The van der Waals surface area contributed by atoms with Gasteiger partial charge in [-0.2, -0.15) is 0 Å². The van der Waals surface area contributed by atoms with Gasteiger partial charge in [0, 0.05) is 22.0 Å². The van der Waals surface area contributed by atoms with Gasteiger partial charge in [-0.05, 0) is 31.0 Å². The first-order valence-corrected chi connectivity index (χ1v) is 7.59. The van der Waals surface area contributed by atoms with E-state index in [0.29, 0.717) is 5.75 Å². The van der Waals surface area contributed by atoms with Gasteiger partial charge < -0.3 is 10.4 Å². The molecular weight excluding hydrogens is 314 g/mol. The van der Waals surface area contributed by atoms with E-state index in [9.17, 15) is 4.79 Å². The summed E-state index contributed by atoms with van der Waals surface area (Å²) in [6, 6.07) is 7.85. The highest BCUT2D eigenvalue weighted by Gasteiger charge is 2.13. The minimum absolute atomic E-state index is 0.00669. The molecule has 1 aromatic rings. The zero-order chi connectivity index (χ0) is 13.5. The molecule has 0 spiro atoms. The number of carbonyl (C=O) groups excluding carboxylic acids is 1. The van der Waals surface area contributed by atoms with Gasteiger partial charge in [-0.1, -0.05) is 28.9 Å². The van der Waals surface area contributed by atoms with Crippen LogP contribution in [0.2, 0.25) is 0 Å². The predicted octanol–water partition coefficient (Wildman–Crippen LogP) is 2.67. The van der Waals surface area contributed by atoms with Crippen molar-refractivity contribution in [3.63, 3.8) is 0 Å². The molecule has 0 aliphatic heterocycles. The molecule has 1 amide bonds. The molecule has 3 nitrogen and oxygen atoms in total. The Balaban J connectivity index is 2.37. The standard InChI is InChI=1S/C13H18BrNO2S/c1-9(7-16)10(2)15-13(17)8-18-12-5-3-4-11(14)6-12/h3-6,9-10,16H,7-8H2,1-2H3,(H,15,17)/t9-,10+/m0/s1. The largest absolute Gasteiger partial charge is 0.396 e. The Hall–Kier alpha value is -0.520. The monoisotopic (exact) mass is 331 g/mol. The Morgan fingerprint density at radius 3 is 2.83 bits per heavy atom. The van der Waals surface area contributed by atoms with Gasteiger partial charge >= 0.3 is 0 Å². The van der Waals surface area contributed by atoms with Gasteiger partial charge in [-0.25, -0.2) is 0 Å². The lowest BCUT2D eigenvalue weighted by atomic mass is 10.1. The van der Waals surface area contributed by atoms with Crippen molar-refractivity contribution in [2.24, 2.45) is 5.92 Å². The van der Waals surface area contributed by atoms with E-state index in [2.05, 4.69) is 21.2 Å². The first-order valence-electron chi connectivity index (χ1n) is 5.81. The number of aliphatic hydroxyl groups is 1. The second kappa shape index (κ2) is 7.81. The van der Waals surface area contributed by atoms with Gasteiger partial charge in [0.2, 0.25) is 5.91 Å². The first-order chi connectivity index (χ1) is 8.52. The number of carbonyl (C=O) groups is 1. The van der Waals surface area contributed by atoms with Crippen molar-refractivity contribution in [2.45, 2.75) is 24.8 Å². The number of rotatable bonds is 6. The number of thioether (sulfide) groups is 1. The molecule has 0 saturated carbocycles. The van der Waals surface area contributed by atoms with E-state index < -0.39 is 0 Å². The van der Waals surface area contributed by atoms with Gasteiger partial charge in [0.1, 0.15) is 0 Å². The lowest BCUT2D eigenvalue weighted by molar-refractivity contribution is -0.119. The zero-order valence-corrected chi connectivity index (χ0v) is 12.9. The highest BCUT2D eigenvalue weighted by molar-refractivity contribution is 9.10. The summed E-state index contributed by atoms with van der Waals surface area (Å²) < 4.78 is 1.01. The molecule has 0 unspecified atom stereocenters. The van der Waals surface area contributed by atoms with Crippen LogP contribution in [0.1, 0.15) is 13.8 Å². The van der Waals surface area contributed by atoms with Gasteiger partial charge in [-0.15, -0.1) is 11.8 Å². The van der Waals surface area contributed by atoms with Crippen molar-refractivity contribution in [3.05, 3.63) is 28.7 Å². The fourth-order valence-corrected chi connectivity index (χ4v) is 2.62. The molecule has 100 valence electrons. The van der Waals surface area contributed by atoms with Gasteiger partial charge in [-0.3, -0.25) is 4.79 Å². The summed E-state index contributed by atoms with van der Waals surface area (Å²) in [6.07, 6.45) is 0. The third kappa shape index (κ3) is 5.42. The van der Waals surface area contributed by atoms with E-state index in [4.69, 9.17) is 5.11 Å².